The molecule has 0 bridgehead atoms. The van der Waals surface area contributed by atoms with Crippen molar-refractivity contribution in [1.82, 2.24) is 5.39 Å². The van der Waals surface area contributed by atoms with Crippen molar-refractivity contribution in [1.29, 1.82) is 0 Å². The van der Waals surface area contributed by atoms with Crippen LogP contribution < -0.4 is 0 Å². The Bertz CT molecular complexity index is 85.7. The predicted octanol–water partition coefficient (Wildman–Crippen LogP) is -0.439. The number of nitrogens with zero attached hydrogens (tertiary/aromatic N) is 1. The van der Waals surface area contributed by atoms with E-state index in [1.807, 2.05) is 0 Å². The molecule has 0 heterocycles. The molecule has 0 aromatic heterocycles. The molecule has 6 heteroatoms. The van der Waals surface area contributed by atoms with Crippen molar-refractivity contribution in [2.75, 3.05) is 13.2 Å². The maximum absolute atomic E-state index is 9.53. The molecule has 0 atom stereocenters. The highest BCUT2D eigenvalue weighted by Gasteiger charge is 1.92. The van der Waals surface area contributed by atoms with Crippen molar-refractivity contribution in [3.05, 3.63) is 0 Å². The molecule has 0 aliphatic carbocycles. The van der Waals surface area contributed by atoms with Gasteiger partial charge in [-0.25, -0.2) is 0 Å². The SMILES string of the molecule is O=COCCCON(O)O. The standard InChI is InChI=1S/C4H9NO5/c6-4-9-2-1-3-10-5(7)8/h4,7-8H,1-3H2. The van der Waals surface area contributed by atoms with E-state index in [0.29, 0.717) is 12.9 Å². The first-order valence-electron chi connectivity index (χ1n) is 2.63. The second kappa shape index (κ2) is 6.43. The predicted molar refractivity (Wildman–Crippen MR) is 28.0 cm³/mol. The molecule has 60 valence electrons. The van der Waals surface area contributed by atoms with Gasteiger partial charge in [-0.15, -0.1) is 0 Å². The van der Waals surface area contributed by atoms with Crippen molar-refractivity contribution in [2.45, 2.75) is 6.42 Å². The first-order chi connectivity index (χ1) is 4.77. The van der Waals surface area contributed by atoms with Gasteiger partial charge in [0.2, 0.25) is 0 Å². The minimum atomic E-state index is -0.388. The molecule has 0 saturated carbocycles. The molecule has 0 amide bonds. The molecule has 0 aliphatic heterocycles. The van der Waals surface area contributed by atoms with E-state index in [2.05, 4.69) is 9.57 Å². The molecule has 0 fully saturated rings. The van der Waals surface area contributed by atoms with E-state index in [0.717, 1.165) is 0 Å². The van der Waals surface area contributed by atoms with Crippen LogP contribution in [0.15, 0.2) is 0 Å². The van der Waals surface area contributed by atoms with Gasteiger partial charge in [-0.2, -0.15) is 0 Å². The Morgan fingerprint density at radius 2 is 2.10 bits per heavy atom. The highest BCUT2D eigenvalue weighted by Crippen LogP contribution is 1.83. The molecule has 0 spiro atoms. The van der Waals surface area contributed by atoms with Crippen LogP contribution in [0.2, 0.25) is 0 Å². The van der Waals surface area contributed by atoms with E-state index < -0.39 is 0 Å². The maximum atomic E-state index is 9.53. The minimum Gasteiger partial charge on any atom is -0.468 e. The molecule has 0 aliphatic rings. The van der Waals surface area contributed by atoms with Gasteiger partial charge in [-0.05, 0) is 0 Å². The lowest BCUT2D eigenvalue weighted by Gasteiger charge is -2.04. The van der Waals surface area contributed by atoms with Crippen molar-refractivity contribution in [2.24, 2.45) is 0 Å². The number of rotatable bonds is 6. The number of hydrogen-bond donors (Lipinski definition) is 2. The zero-order valence-corrected chi connectivity index (χ0v) is 5.27. The number of ether oxygens (including phenoxy) is 1. The number of carbonyl (C=O) groups is 1. The molecule has 0 saturated heterocycles. The van der Waals surface area contributed by atoms with Crippen molar-refractivity contribution < 1.29 is 24.8 Å². The lowest BCUT2D eigenvalue weighted by Crippen LogP contribution is -2.15. The highest BCUT2D eigenvalue weighted by molar-refractivity contribution is 5.36. The summed E-state index contributed by atoms with van der Waals surface area (Å²) in [5.74, 6) is 0. The second-order valence-corrected chi connectivity index (χ2v) is 1.41. The third-order valence-corrected chi connectivity index (χ3v) is 0.681. The van der Waals surface area contributed by atoms with Crippen molar-refractivity contribution >= 4 is 6.47 Å². The van der Waals surface area contributed by atoms with E-state index in [1.165, 1.54) is 0 Å². The van der Waals surface area contributed by atoms with Crippen molar-refractivity contribution in [3.63, 3.8) is 0 Å². The lowest BCUT2D eigenvalue weighted by atomic mass is 10.5. The molecular weight excluding hydrogens is 142 g/mol. The fourth-order valence-electron chi connectivity index (χ4n) is 0.337. The van der Waals surface area contributed by atoms with Gasteiger partial charge < -0.3 is 4.74 Å². The van der Waals surface area contributed by atoms with Gasteiger partial charge >= 0.3 is 0 Å². The second-order valence-electron chi connectivity index (χ2n) is 1.41. The van der Waals surface area contributed by atoms with Crippen LogP contribution in [0.25, 0.3) is 0 Å². The molecule has 10 heavy (non-hydrogen) atoms. The largest absolute Gasteiger partial charge is 0.468 e. The van der Waals surface area contributed by atoms with E-state index in [9.17, 15) is 4.79 Å². The fraction of sp³-hybridized carbons (Fsp3) is 0.750. The molecule has 0 radical (unpaired) electrons. The molecule has 0 aromatic carbocycles. The first kappa shape index (κ1) is 9.31. The Kier molecular flexibility index (Phi) is 5.99. The Balaban J connectivity index is 2.83. The average molecular weight is 151 g/mol. The summed E-state index contributed by atoms with van der Waals surface area (Å²) >= 11 is 0. The van der Waals surface area contributed by atoms with E-state index in [1.54, 1.807) is 0 Å². The van der Waals surface area contributed by atoms with Crippen LogP contribution in [0.1, 0.15) is 6.42 Å². The minimum absolute atomic E-state index is 0.0842. The number of carbonyl (C=O) groups excluding carboxylic acids is 1. The van der Waals surface area contributed by atoms with Crippen LogP contribution in [-0.4, -0.2) is 35.5 Å². The third kappa shape index (κ3) is 7.31. The van der Waals surface area contributed by atoms with Gasteiger partial charge in [0.15, 0.2) is 0 Å². The van der Waals surface area contributed by atoms with E-state index in [-0.39, 0.29) is 18.6 Å². The monoisotopic (exact) mass is 151 g/mol. The first-order valence-corrected chi connectivity index (χ1v) is 2.63. The lowest BCUT2D eigenvalue weighted by molar-refractivity contribution is -0.492. The van der Waals surface area contributed by atoms with Crippen molar-refractivity contribution in [3.8, 4) is 0 Å². The van der Waals surface area contributed by atoms with Crippen LogP contribution in [0.4, 0.5) is 0 Å². The Morgan fingerprint density at radius 3 is 2.60 bits per heavy atom. The summed E-state index contributed by atoms with van der Waals surface area (Å²) in [7, 11) is 0. The Hall–Kier alpha value is -0.690. The van der Waals surface area contributed by atoms with Gasteiger partial charge in [0.25, 0.3) is 6.47 Å². The van der Waals surface area contributed by atoms with Gasteiger partial charge in [0, 0.05) is 6.42 Å². The van der Waals surface area contributed by atoms with Gasteiger partial charge in [0.05, 0.1) is 18.6 Å². The molecule has 2 N–H and O–H groups in total. The summed E-state index contributed by atoms with van der Waals surface area (Å²) in [5, 5.41) is 15.5. The van der Waals surface area contributed by atoms with E-state index >= 15 is 0 Å². The van der Waals surface area contributed by atoms with Crippen LogP contribution in [-0.2, 0) is 14.4 Å². The summed E-state index contributed by atoms with van der Waals surface area (Å²) in [6, 6.07) is 0. The summed E-state index contributed by atoms with van der Waals surface area (Å²) in [5.41, 5.74) is 0. The third-order valence-electron chi connectivity index (χ3n) is 0.681. The zero-order chi connectivity index (χ0) is 7.82. The summed E-state index contributed by atoms with van der Waals surface area (Å²) in [6.07, 6.45) is 0.413. The van der Waals surface area contributed by atoms with Gasteiger partial charge in [-0.3, -0.25) is 20.0 Å². The zero-order valence-electron chi connectivity index (χ0n) is 5.27. The summed E-state index contributed by atoms with van der Waals surface area (Å²) < 4.78 is 4.27. The summed E-state index contributed by atoms with van der Waals surface area (Å²) in [6.45, 7) is 0.605. The maximum Gasteiger partial charge on any atom is 0.293 e. The topological polar surface area (TPSA) is 79.2 Å². The Labute approximate surface area is 57.4 Å². The number of hydrogen-bond acceptors (Lipinski definition) is 6. The molecular formula is C4H9NO5. The summed E-state index contributed by atoms with van der Waals surface area (Å²) in [4.78, 5) is 13.7. The van der Waals surface area contributed by atoms with Crippen LogP contribution in [0, 0.1) is 0 Å². The average Bonchev–Trinajstić information content (AvgIpc) is 1.87. The highest BCUT2D eigenvalue weighted by atomic mass is 17.1. The molecule has 0 unspecified atom stereocenters. The molecule has 0 aromatic rings. The fourth-order valence-corrected chi connectivity index (χ4v) is 0.337. The van der Waals surface area contributed by atoms with Gasteiger partial charge in [0.1, 0.15) is 0 Å². The molecule has 6 nitrogen and oxygen atoms in total. The van der Waals surface area contributed by atoms with E-state index in [4.69, 9.17) is 10.4 Å². The van der Waals surface area contributed by atoms with Crippen LogP contribution in [0.5, 0.6) is 0 Å². The van der Waals surface area contributed by atoms with Gasteiger partial charge in [-0.1, -0.05) is 0 Å². The normalized spacial score (nSPS) is 9.90. The van der Waals surface area contributed by atoms with Crippen LogP contribution >= 0.6 is 0 Å². The van der Waals surface area contributed by atoms with Crippen LogP contribution in [0.3, 0.4) is 0 Å². The molecule has 0 rings (SSSR count). The smallest absolute Gasteiger partial charge is 0.293 e. The Morgan fingerprint density at radius 1 is 1.40 bits per heavy atom. The quantitative estimate of drug-likeness (QED) is 0.304.